The van der Waals surface area contributed by atoms with E-state index in [1.54, 1.807) is 6.07 Å². The van der Waals surface area contributed by atoms with Crippen molar-refractivity contribution in [3.05, 3.63) is 75.3 Å². The molecule has 0 N–H and O–H groups in total. The van der Waals surface area contributed by atoms with Gasteiger partial charge in [-0.15, -0.1) is 0 Å². The Morgan fingerprint density at radius 3 is 2.76 bits per heavy atom. The molecule has 6 heteroatoms. The van der Waals surface area contributed by atoms with Gasteiger partial charge in [-0.2, -0.15) is 4.99 Å². The first kappa shape index (κ1) is 16.2. The van der Waals surface area contributed by atoms with E-state index in [9.17, 15) is 9.18 Å². The van der Waals surface area contributed by atoms with Crippen molar-refractivity contribution >= 4 is 54.2 Å². The Balaban J connectivity index is 1.92. The maximum atomic E-state index is 14.0. The van der Waals surface area contributed by atoms with Crippen LogP contribution in [0.2, 0.25) is 0 Å². The Morgan fingerprint density at radius 2 is 1.96 bits per heavy atom. The quantitative estimate of drug-likeness (QED) is 0.429. The van der Waals surface area contributed by atoms with Gasteiger partial charge in [0.2, 0.25) is 0 Å². The summed E-state index contributed by atoms with van der Waals surface area (Å²) >= 11 is 4.60. The molecule has 0 aliphatic carbocycles. The van der Waals surface area contributed by atoms with Crippen molar-refractivity contribution in [2.45, 2.75) is 0 Å². The molecule has 0 aliphatic rings. The average Bonchev–Trinajstić information content (AvgIpc) is 2.91. The van der Waals surface area contributed by atoms with Gasteiger partial charge in [-0.25, -0.2) is 4.39 Å². The molecule has 25 heavy (non-hydrogen) atoms. The number of hydrogen-bond donors (Lipinski definition) is 0. The van der Waals surface area contributed by atoms with Crippen molar-refractivity contribution in [2.24, 2.45) is 12.0 Å². The summed E-state index contributed by atoms with van der Waals surface area (Å²) in [6, 6.07) is 16.5. The minimum absolute atomic E-state index is 0.0366. The summed E-state index contributed by atoms with van der Waals surface area (Å²) in [5.74, 6) is -1.17. The number of aromatic nitrogens is 1. The van der Waals surface area contributed by atoms with E-state index in [0.717, 1.165) is 21.0 Å². The highest BCUT2D eigenvalue weighted by Gasteiger charge is 2.13. The minimum Gasteiger partial charge on any atom is -0.319 e. The van der Waals surface area contributed by atoms with Gasteiger partial charge in [0.1, 0.15) is 5.82 Å². The zero-order chi connectivity index (χ0) is 17.6. The van der Waals surface area contributed by atoms with Crippen LogP contribution in [-0.4, -0.2) is 10.5 Å². The van der Waals surface area contributed by atoms with Crippen molar-refractivity contribution in [2.75, 3.05) is 0 Å². The van der Waals surface area contributed by atoms with E-state index < -0.39 is 11.7 Å². The number of aryl methyl sites for hydroxylation is 1. The number of carbonyl (C=O) groups excluding carboxylic acids is 1. The van der Waals surface area contributed by atoms with Crippen molar-refractivity contribution in [1.82, 2.24) is 4.57 Å². The minimum atomic E-state index is -0.587. The van der Waals surface area contributed by atoms with Crippen molar-refractivity contribution in [3.63, 3.8) is 0 Å². The summed E-state index contributed by atoms with van der Waals surface area (Å²) in [7, 11) is 1.87. The molecule has 0 saturated carbocycles. The van der Waals surface area contributed by atoms with Crippen LogP contribution < -0.4 is 4.80 Å². The van der Waals surface area contributed by atoms with E-state index in [4.69, 9.17) is 0 Å². The van der Waals surface area contributed by atoms with E-state index in [0.29, 0.717) is 9.27 Å². The molecule has 0 radical (unpaired) electrons. The fourth-order valence-electron chi connectivity index (χ4n) is 2.83. The molecular formula is C19H12BrFN2OS. The molecule has 4 aromatic rings. The third kappa shape index (κ3) is 2.81. The highest BCUT2D eigenvalue weighted by atomic mass is 79.9. The van der Waals surface area contributed by atoms with Crippen LogP contribution in [0.3, 0.4) is 0 Å². The van der Waals surface area contributed by atoms with Gasteiger partial charge < -0.3 is 4.57 Å². The standard InChI is InChI=1S/C19H12BrFN2OS/c1-23-17-13-5-3-2-4-11(13)6-9-16(17)25-19(23)22-18(24)14-8-7-12(20)10-15(14)21/h2-10H,1H3. The molecule has 124 valence electrons. The van der Waals surface area contributed by atoms with Gasteiger partial charge in [0, 0.05) is 16.9 Å². The van der Waals surface area contributed by atoms with E-state index >= 15 is 0 Å². The van der Waals surface area contributed by atoms with Crippen LogP contribution in [-0.2, 0) is 7.05 Å². The molecule has 3 nitrogen and oxygen atoms in total. The van der Waals surface area contributed by atoms with Crippen LogP contribution in [0.1, 0.15) is 10.4 Å². The van der Waals surface area contributed by atoms with Crippen molar-refractivity contribution < 1.29 is 9.18 Å². The molecule has 0 unspecified atom stereocenters. The Bertz CT molecular complexity index is 1210. The Hall–Kier alpha value is -2.31. The van der Waals surface area contributed by atoms with E-state index in [2.05, 4.69) is 20.9 Å². The fourth-order valence-corrected chi connectivity index (χ4v) is 4.20. The van der Waals surface area contributed by atoms with E-state index in [-0.39, 0.29) is 5.56 Å². The van der Waals surface area contributed by atoms with Gasteiger partial charge in [-0.3, -0.25) is 4.79 Å². The maximum absolute atomic E-state index is 14.0. The third-order valence-electron chi connectivity index (χ3n) is 4.05. The summed E-state index contributed by atoms with van der Waals surface area (Å²) in [6.45, 7) is 0. The van der Waals surface area contributed by atoms with Crippen LogP contribution in [0.15, 0.2) is 64.1 Å². The molecule has 1 heterocycles. The largest absolute Gasteiger partial charge is 0.319 e. The monoisotopic (exact) mass is 414 g/mol. The van der Waals surface area contributed by atoms with Gasteiger partial charge in [0.05, 0.1) is 15.8 Å². The first-order valence-corrected chi connectivity index (χ1v) is 9.17. The number of thiazole rings is 1. The average molecular weight is 415 g/mol. The normalized spacial score (nSPS) is 12.2. The number of rotatable bonds is 1. The molecule has 0 bridgehead atoms. The zero-order valence-electron chi connectivity index (χ0n) is 13.2. The smallest absolute Gasteiger partial charge is 0.282 e. The van der Waals surface area contributed by atoms with Crippen molar-refractivity contribution in [1.29, 1.82) is 0 Å². The molecule has 0 fully saturated rings. The fraction of sp³-hybridized carbons (Fsp3) is 0.0526. The van der Waals surface area contributed by atoms with Gasteiger partial charge in [0.25, 0.3) is 5.91 Å². The lowest BCUT2D eigenvalue weighted by molar-refractivity contribution is 0.0994. The van der Waals surface area contributed by atoms with Gasteiger partial charge in [0.15, 0.2) is 4.80 Å². The van der Waals surface area contributed by atoms with Gasteiger partial charge in [-0.05, 0) is 29.7 Å². The number of benzene rings is 3. The third-order valence-corrected chi connectivity index (χ3v) is 5.64. The predicted molar refractivity (Wildman–Crippen MR) is 102 cm³/mol. The predicted octanol–water partition coefficient (Wildman–Crippen LogP) is 5.04. The Labute approximate surface area is 155 Å². The number of nitrogens with zero attached hydrogens (tertiary/aromatic N) is 2. The number of fused-ring (bicyclic) bond motifs is 3. The summed E-state index contributed by atoms with van der Waals surface area (Å²) in [5, 5.41) is 2.22. The molecule has 0 spiro atoms. The summed E-state index contributed by atoms with van der Waals surface area (Å²) in [5.41, 5.74) is 0.983. The second-order valence-electron chi connectivity index (χ2n) is 5.62. The van der Waals surface area contributed by atoms with Crippen LogP contribution in [0.4, 0.5) is 4.39 Å². The second-order valence-corrected chi connectivity index (χ2v) is 7.54. The molecule has 0 saturated heterocycles. The summed E-state index contributed by atoms with van der Waals surface area (Å²) in [6.07, 6.45) is 0. The lowest BCUT2D eigenvalue weighted by Crippen LogP contribution is -2.14. The first-order valence-electron chi connectivity index (χ1n) is 7.56. The Morgan fingerprint density at radius 1 is 1.16 bits per heavy atom. The number of amides is 1. The number of carbonyl (C=O) groups is 1. The van der Waals surface area contributed by atoms with Crippen LogP contribution in [0.5, 0.6) is 0 Å². The highest BCUT2D eigenvalue weighted by Crippen LogP contribution is 2.26. The maximum Gasteiger partial charge on any atom is 0.282 e. The van der Waals surface area contributed by atoms with E-state index in [1.165, 1.54) is 23.5 Å². The molecule has 3 aromatic carbocycles. The SMILES string of the molecule is Cn1c(=NC(=O)c2ccc(Br)cc2F)sc2ccc3ccccc3c21. The molecule has 0 aliphatic heterocycles. The molecule has 1 aromatic heterocycles. The molecule has 0 atom stereocenters. The lowest BCUT2D eigenvalue weighted by atomic mass is 10.1. The van der Waals surface area contributed by atoms with Crippen LogP contribution >= 0.6 is 27.3 Å². The first-order chi connectivity index (χ1) is 12.0. The molecule has 4 rings (SSSR count). The van der Waals surface area contributed by atoms with Crippen LogP contribution in [0, 0.1) is 5.82 Å². The lowest BCUT2D eigenvalue weighted by Gasteiger charge is -2.02. The summed E-state index contributed by atoms with van der Waals surface area (Å²) < 4.78 is 17.5. The van der Waals surface area contributed by atoms with Crippen molar-refractivity contribution in [3.8, 4) is 0 Å². The second kappa shape index (κ2) is 6.20. The Kier molecular flexibility index (Phi) is 4.01. The van der Waals surface area contributed by atoms with Gasteiger partial charge >= 0.3 is 0 Å². The van der Waals surface area contributed by atoms with Gasteiger partial charge in [-0.1, -0.05) is 57.6 Å². The number of hydrogen-bond acceptors (Lipinski definition) is 2. The molecule has 1 amide bonds. The summed E-state index contributed by atoms with van der Waals surface area (Å²) in [4.78, 5) is 17.1. The highest BCUT2D eigenvalue weighted by molar-refractivity contribution is 9.10. The topological polar surface area (TPSA) is 34.4 Å². The van der Waals surface area contributed by atoms with Crippen LogP contribution in [0.25, 0.3) is 21.0 Å². The number of halogens is 2. The molecular weight excluding hydrogens is 403 g/mol. The van der Waals surface area contributed by atoms with E-state index in [1.807, 2.05) is 48.0 Å². The zero-order valence-corrected chi connectivity index (χ0v) is 15.6.